The smallest absolute Gasteiger partial charge is 0.227 e. The summed E-state index contributed by atoms with van der Waals surface area (Å²) in [7, 11) is 0. The second-order valence-corrected chi connectivity index (χ2v) is 3.61. The average molecular weight is 206 g/mol. The van der Waals surface area contributed by atoms with E-state index >= 15 is 0 Å². The van der Waals surface area contributed by atoms with Crippen LogP contribution in [0.3, 0.4) is 0 Å². The van der Waals surface area contributed by atoms with Crippen LogP contribution in [-0.2, 0) is 6.42 Å². The van der Waals surface area contributed by atoms with Crippen molar-refractivity contribution in [2.75, 3.05) is 0 Å². The number of nitrogens with one attached hydrogen (secondary N) is 1. The van der Waals surface area contributed by atoms with Gasteiger partial charge < -0.3 is 15.2 Å². The molecular weight excluding hydrogens is 192 g/mol. The zero-order valence-electron chi connectivity index (χ0n) is 8.60. The molecule has 0 aliphatic carbocycles. The minimum absolute atomic E-state index is 0.158. The zero-order valence-corrected chi connectivity index (χ0v) is 8.60. The molecule has 15 heavy (non-hydrogen) atoms. The maximum atomic E-state index is 5.65. The van der Waals surface area contributed by atoms with Crippen molar-refractivity contribution in [1.82, 2.24) is 15.1 Å². The molecule has 1 unspecified atom stereocenters. The number of aromatic amines is 1. The van der Waals surface area contributed by atoms with Crippen LogP contribution in [0.2, 0.25) is 0 Å². The van der Waals surface area contributed by atoms with Crippen molar-refractivity contribution in [3.05, 3.63) is 24.2 Å². The van der Waals surface area contributed by atoms with E-state index in [2.05, 4.69) is 15.1 Å². The van der Waals surface area contributed by atoms with Crippen LogP contribution in [0.1, 0.15) is 19.2 Å². The van der Waals surface area contributed by atoms with Crippen LogP contribution >= 0.6 is 0 Å². The molecule has 3 N–H and O–H groups in total. The summed E-state index contributed by atoms with van der Waals surface area (Å²) in [6.07, 6.45) is 3.41. The zero-order chi connectivity index (χ0) is 10.7. The molecule has 0 amide bonds. The molecule has 0 aliphatic rings. The first-order chi connectivity index (χ1) is 7.25. The van der Waals surface area contributed by atoms with Gasteiger partial charge in [-0.3, -0.25) is 0 Å². The molecule has 5 nitrogen and oxygen atoms in total. The molecule has 0 saturated carbocycles. The van der Waals surface area contributed by atoms with E-state index in [1.54, 1.807) is 0 Å². The molecule has 2 aromatic heterocycles. The lowest BCUT2D eigenvalue weighted by atomic mass is 10.2. The van der Waals surface area contributed by atoms with Gasteiger partial charge in [-0.1, -0.05) is 5.16 Å². The molecule has 0 aliphatic heterocycles. The second-order valence-electron chi connectivity index (χ2n) is 3.61. The van der Waals surface area contributed by atoms with Gasteiger partial charge in [0.15, 0.2) is 0 Å². The first kappa shape index (κ1) is 9.92. The quantitative estimate of drug-likeness (QED) is 0.791. The van der Waals surface area contributed by atoms with Crippen molar-refractivity contribution in [2.45, 2.75) is 25.8 Å². The van der Waals surface area contributed by atoms with Gasteiger partial charge in [-0.15, -0.1) is 0 Å². The Morgan fingerprint density at radius 1 is 1.60 bits per heavy atom. The molecule has 1 atom stereocenters. The van der Waals surface area contributed by atoms with Crippen molar-refractivity contribution in [1.29, 1.82) is 0 Å². The van der Waals surface area contributed by atoms with E-state index in [-0.39, 0.29) is 6.04 Å². The molecule has 0 fully saturated rings. The highest BCUT2D eigenvalue weighted by molar-refractivity contribution is 5.47. The summed E-state index contributed by atoms with van der Waals surface area (Å²) in [5.74, 6) is 1.23. The number of hydrogen-bond acceptors (Lipinski definition) is 4. The molecule has 0 radical (unpaired) electrons. The van der Waals surface area contributed by atoms with Crippen molar-refractivity contribution in [3.63, 3.8) is 0 Å². The first-order valence-corrected chi connectivity index (χ1v) is 4.97. The summed E-state index contributed by atoms with van der Waals surface area (Å²) in [6, 6.07) is 3.96. The number of rotatable bonds is 4. The number of aromatic nitrogens is 3. The molecule has 80 valence electrons. The molecule has 2 heterocycles. The highest BCUT2D eigenvalue weighted by Crippen LogP contribution is 2.13. The third kappa shape index (κ3) is 2.44. The number of nitrogens with zero attached hydrogens (tertiary/aromatic N) is 2. The van der Waals surface area contributed by atoms with E-state index in [4.69, 9.17) is 10.3 Å². The molecular formula is C10H14N4O. The Balaban J connectivity index is 2.04. The lowest BCUT2D eigenvalue weighted by Crippen LogP contribution is -2.15. The summed E-state index contributed by atoms with van der Waals surface area (Å²) < 4.78 is 5.10. The van der Waals surface area contributed by atoms with E-state index in [1.807, 2.05) is 25.3 Å². The number of hydrogen-bond donors (Lipinski definition) is 2. The van der Waals surface area contributed by atoms with Crippen molar-refractivity contribution >= 4 is 0 Å². The van der Waals surface area contributed by atoms with Crippen LogP contribution in [-0.4, -0.2) is 21.2 Å². The normalized spacial score (nSPS) is 12.9. The highest BCUT2D eigenvalue weighted by atomic mass is 16.5. The minimum Gasteiger partial charge on any atom is -0.359 e. The predicted molar refractivity (Wildman–Crippen MR) is 56.1 cm³/mol. The van der Waals surface area contributed by atoms with Crippen LogP contribution < -0.4 is 5.73 Å². The third-order valence-corrected chi connectivity index (χ3v) is 2.12. The Morgan fingerprint density at radius 3 is 3.13 bits per heavy atom. The van der Waals surface area contributed by atoms with Gasteiger partial charge >= 0.3 is 0 Å². The predicted octanol–water partition coefficient (Wildman–Crippen LogP) is 1.34. The van der Waals surface area contributed by atoms with E-state index < -0.39 is 0 Å². The van der Waals surface area contributed by atoms with Gasteiger partial charge in [0.25, 0.3) is 0 Å². The van der Waals surface area contributed by atoms with Gasteiger partial charge in [0.2, 0.25) is 11.7 Å². The third-order valence-electron chi connectivity index (χ3n) is 2.12. The SMILES string of the molecule is CC(N)CCc1nc(-c2ccc[nH]2)no1. The maximum Gasteiger partial charge on any atom is 0.227 e. The summed E-state index contributed by atoms with van der Waals surface area (Å²) >= 11 is 0. The van der Waals surface area contributed by atoms with Crippen molar-refractivity contribution in [3.8, 4) is 11.5 Å². The molecule has 0 spiro atoms. The van der Waals surface area contributed by atoms with Crippen molar-refractivity contribution in [2.24, 2.45) is 5.73 Å². The van der Waals surface area contributed by atoms with Crippen molar-refractivity contribution < 1.29 is 4.52 Å². The van der Waals surface area contributed by atoms with Crippen LogP contribution in [0, 0.1) is 0 Å². The lowest BCUT2D eigenvalue weighted by Gasteiger charge is -1.99. The first-order valence-electron chi connectivity index (χ1n) is 4.97. The summed E-state index contributed by atoms with van der Waals surface area (Å²) in [6.45, 7) is 1.96. The molecule has 0 bridgehead atoms. The van der Waals surface area contributed by atoms with E-state index in [9.17, 15) is 0 Å². The van der Waals surface area contributed by atoms with Crippen LogP contribution in [0.15, 0.2) is 22.9 Å². The van der Waals surface area contributed by atoms with Crippen LogP contribution in [0.25, 0.3) is 11.5 Å². The maximum absolute atomic E-state index is 5.65. The molecule has 2 rings (SSSR count). The average Bonchev–Trinajstić information content (AvgIpc) is 2.85. The topological polar surface area (TPSA) is 80.7 Å². The number of H-pyrrole nitrogens is 1. The van der Waals surface area contributed by atoms with Gasteiger partial charge in [0.1, 0.15) is 0 Å². The molecule has 0 saturated heterocycles. The summed E-state index contributed by atoms with van der Waals surface area (Å²) in [4.78, 5) is 7.28. The Hall–Kier alpha value is -1.62. The van der Waals surface area contributed by atoms with E-state index in [0.717, 1.165) is 18.5 Å². The van der Waals surface area contributed by atoms with Gasteiger partial charge in [0.05, 0.1) is 5.69 Å². The van der Waals surface area contributed by atoms with E-state index in [0.29, 0.717) is 11.7 Å². The molecule has 2 aromatic rings. The van der Waals surface area contributed by atoms with Gasteiger partial charge in [-0.25, -0.2) is 0 Å². The molecule has 5 heteroatoms. The fraction of sp³-hybridized carbons (Fsp3) is 0.400. The summed E-state index contributed by atoms with van der Waals surface area (Å²) in [5.41, 5.74) is 6.51. The van der Waals surface area contributed by atoms with Crippen LogP contribution in [0.4, 0.5) is 0 Å². The minimum atomic E-state index is 0.158. The second kappa shape index (κ2) is 4.27. The molecule has 0 aromatic carbocycles. The standard InChI is InChI=1S/C10H14N4O/c1-7(11)4-5-9-13-10(14-15-9)8-3-2-6-12-8/h2-3,6-7,12H,4-5,11H2,1H3. The largest absolute Gasteiger partial charge is 0.359 e. The fourth-order valence-corrected chi connectivity index (χ4v) is 1.29. The number of aryl methyl sites for hydroxylation is 1. The monoisotopic (exact) mass is 206 g/mol. The Bertz CT molecular complexity index is 405. The highest BCUT2D eigenvalue weighted by Gasteiger charge is 2.09. The van der Waals surface area contributed by atoms with Crippen LogP contribution in [0.5, 0.6) is 0 Å². The summed E-state index contributed by atoms with van der Waals surface area (Å²) in [5, 5.41) is 3.88. The van der Waals surface area contributed by atoms with Gasteiger partial charge in [-0.2, -0.15) is 4.98 Å². The number of nitrogens with two attached hydrogens (primary N) is 1. The Labute approximate surface area is 87.7 Å². The lowest BCUT2D eigenvalue weighted by molar-refractivity contribution is 0.372. The Morgan fingerprint density at radius 2 is 2.47 bits per heavy atom. The Kier molecular flexibility index (Phi) is 2.82. The van der Waals surface area contributed by atoms with E-state index in [1.165, 1.54) is 0 Å². The van der Waals surface area contributed by atoms with Gasteiger partial charge in [0, 0.05) is 18.7 Å². The van der Waals surface area contributed by atoms with Gasteiger partial charge in [-0.05, 0) is 25.5 Å². The fourth-order valence-electron chi connectivity index (χ4n) is 1.29.